The van der Waals surface area contributed by atoms with E-state index in [2.05, 4.69) is 28.3 Å². The summed E-state index contributed by atoms with van der Waals surface area (Å²) in [5.41, 5.74) is 4.16. The molecule has 120 valence electrons. The number of hydrogen-bond donors (Lipinski definition) is 1. The Bertz CT molecular complexity index is 1060. The molecule has 0 spiro atoms. The number of pyridine rings is 1. The van der Waals surface area contributed by atoms with Crippen LogP contribution in [0.1, 0.15) is 28.7 Å². The summed E-state index contributed by atoms with van der Waals surface area (Å²) in [5.74, 6) is -0.191. The number of carbonyl (C=O) groups excluding carboxylic acids is 1. The number of rotatable bonds is 3. The molecule has 0 bridgehead atoms. The van der Waals surface area contributed by atoms with Crippen molar-refractivity contribution in [1.82, 2.24) is 14.4 Å². The second kappa shape index (κ2) is 5.72. The van der Waals surface area contributed by atoms with Crippen LogP contribution < -0.4 is 5.32 Å². The van der Waals surface area contributed by atoms with E-state index < -0.39 is 0 Å². The molecule has 1 amide bonds. The lowest BCUT2D eigenvalue weighted by Crippen LogP contribution is -2.15. The quantitative estimate of drug-likeness (QED) is 0.613. The molecule has 3 aromatic heterocycles. The Hall–Kier alpha value is -2.73. The lowest BCUT2D eigenvalue weighted by atomic mass is 10.1. The third kappa shape index (κ3) is 2.35. The van der Waals surface area contributed by atoms with Crippen molar-refractivity contribution in [2.24, 2.45) is 0 Å². The van der Waals surface area contributed by atoms with Crippen LogP contribution in [0.25, 0.3) is 15.9 Å². The molecule has 5 nitrogen and oxygen atoms in total. The number of benzene rings is 1. The lowest BCUT2D eigenvalue weighted by Gasteiger charge is -2.02. The van der Waals surface area contributed by atoms with E-state index in [0.29, 0.717) is 16.5 Å². The van der Waals surface area contributed by atoms with E-state index >= 15 is 0 Å². The number of nitrogens with one attached hydrogen (secondary N) is 1. The smallest absolute Gasteiger partial charge is 0.276 e. The molecular formula is C18H16N4OS. The first kappa shape index (κ1) is 14.8. The molecule has 0 aliphatic heterocycles. The van der Waals surface area contributed by atoms with E-state index in [1.807, 2.05) is 43.5 Å². The maximum Gasteiger partial charge on any atom is 0.276 e. The number of para-hydroxylation sites is 1. The molecule has 6 heteroatoms. The Kier molecular flexibility index (Phi) is 3.54. The molecule has 0 aliphatic carbocycles. The Balaban J connectivity index is 1.72. The minimum absolute atomic E-state index is 0.191. The Morgan fingerprint density at radius 2 is 2.08 bits per heavy atom. The van der Waals surface area contributed by atoms with E-state index in [0.717, 1.165) is 22.3 Å². The minimum atomic E-state index is -0.191. The molecule has 4 rings (SSSR count). The van der Waals surface area contributed by atoms with Crippen LogP contribution >= 0.6 is 11.3 Å². The number of aromatic nitrogens is 3. The van der Waals surface area contributed by atoms with Gasteiger partial charge >= 0.3 is 0 Å². The van der Waals surface area contributed by atoms with E-state index in [-0.39, 0.29) is 5.91 Å². The van der Waals surface area contributed by atoms with Crippen LogP contribution in [0.5, 0.6) is 0 Å². The van der Waals surface area contributed by atoms with Gasteiger partial charge in [0.2, 0.25) is 0 Å². The fourth-order valence-corrected chi connectivity index (χ4v) is 3.80. The third-order valence-corrected chi connectivity index (χ3v) is 4.96. The van der Waals surface area contributed by atoms with Crippen molar-refractivity contribution in [2.75, 3.05) is 5.32 Å². The van der Waals surface area contributed by atoms with Gasteiger partial charge in [0.1, 0.15) is 11.3 Å². The van der Waals surface area contributed by atoms with Crippen LogP contribution in [-0.4, -0.2) is 20.3 Å². The van der Waals surface area contributed by atoms with Crippen LogP contribution in [0, 0.1) is 6.92 Å². The molecule has 1 aromatic carbocycles. The predicted molar refractivity (Wildman–Crippen MR) is 96.9 cm³/mol. The predicted octanol–water partition coefficient (Wildman–Crippen LogP) is 4.07. The van der Waals surface area contributed by atoms with Crippen molar-refractivity contribution in [2.45, 2.75) is 20.3 Å². The van der Waals surface area contributed by atoms with Crippen LogP contribution in [0.3, 0.4) is 0 Å². The van der Waals surface area contributed by atoms with E-state index in [1.165, 1.54) is 16.9 Å². The average Bonchev–Trinajstić information content (AvgIpc) is 3.13. The number of hydrogen-bond acceptors (Lipinski definition) is 4. The number of aryl methyl sites for hydroxylation is 2. The number of imidazole rings is 1. The molecule has 0 fully saturated rings. The number of anilines is 1. The molecule has 24 heavy (non-hydrogen) atoms. The van der Waals surface area contributed by atoms with Crippen LogP contribution in [-0.2, 0) is 6.42 Å². The number of fused-ring (bicyclic) bond motifs is 2. The van der Waals surface area contributed by atoms with Gasteiger partial charge in [0.25, 0.3) is 5.91 Å². The Labute approximate surface area is 143 Å². The SMILES string of the molecule is CCc1cccc2sc(NC(=O)c3c(C)nc4ccccn34)nc12. The summed E-state index contributed by atoms with van der Waals surface area (Å²) >= 11 is 1.49. The first-order valence-corrected chi connectivity index (χ1v) is 8.62. The second-order valence-corrected chi connectivity index (χ2v) is 6.60. The van der Waals surface area contributed by atoms with Gasteiger partial charge in [-0.05, 0) is 37.1 Å². The fourth-order valence-electron chi connectivity index (χ4n) is 2.89. The monoisotopic (exact) mass is 336 g/mol. The van der Waals surface area contributed by atoms with Gasteiger partial charge in [-0.3, -0.25) is 14.5 Å². The lowest BCUT2D eigenvalue weighted by molar-refractivity contribution is 0.102. The highest BCUT2D eigenvalue weighted by molar-refractivity contribution is 7.22. The molecule has 0 aliphatic rings. The Morgan fingerprint density at radius 1 is 1.21 bits per heavy atom. The van der Waals surface area contributed by atoms with Gasteiger partial charge in [0.15, 0.2) is 5.13 Å². The van der Waals surface area contributed by atoms with Crippen molar-refractivity contribution >= 4 is 38.2 Å². The second-order valence-electron chi connectivity index (χ2n) is 5.57. The van der Waals surface area contributed by atoms with Crippen molar-refractivity contribution < 1.29 is 4.79 Å². The minimum Gasteiger partial charge on any atom is -0.296 e. The fraction of sp³-hybridized carbons (Fsp3) is 0.167. The van der Waals surface area contributed by atoms with Gasteiger partial charge in [0, 0.05) is 6.20 Å². The van der Waals surface area contributed by atoms with Crippen LogP contribution in [0.15, 0.2) is 42.6 Å². The van der Waals surface area contributed by atoms with Gasteiger partial charge in [-0.25, -0.2) is 9.97 Å². The van der Waals surface area contributed by atoms with E-state index in [1.54, 1.807) is 4.40 Å². The van der Waals surface area contributed by atoms with E-state index in [4.69, 9.17) is 0 Å². The maximum atomic E-state index is 12.7. The zero-order chi connectivity index (χ0) is 16.7. The average molecular weight is 336 g/mol. The highest BCUT2D eigenvalue weighted by atomic mass is 32.1. The highest BCUT2D eigenvalue weighted by Gasteiger charge is 2.18. The molecule has 4 aromatic rings. The van der Waals surface area contributed by atoms with Crippen LogP contribution in [0.2, 0.25) is 0 Å². The van der Waals surface area contributed by atoms with Gasteiger partial charge in [-0.15, -0.1) is 0 Å². The first-order valence-electron chi connectivity index (χ1n) is 7.81. The molecule has 0 saturated carbocycles. The van der Waals surface area contributed by atoms with Crippen LogP contribution in [0.4, 0.5) is 5.13 Å². The molecule has 1 N–H and O–H groups in total. The van der Waals surface area contributed by atoms with Crippen molar-refractivity contribution in [3.8, 4) is 0 Å². The summed E-state index contributed by atoms with van der Waals surface area (Å²) in [5, 5.41) is 3.54. The number of carbonyl (C=O) groups is 1. The summed E-state index contributed by atoms with van der Waals surface area (Å²) in [7, 11) is 0. The van der Waals surface area contributed by atoms with Gasteiger partial charge < -0.3 is 0 Å². The maximum absolute atomic E-state index is 12.7. The van der Waals surface area contributed by atoms with E-state index in [9.17, 15) is 4.79 Å². The molecule has 0 unspecified atom stereocenters. The molecular weight excluding hydrogens is 320 g/mol. The first-order chi connectivity index (χ1) is 11.7. The molecule has 0 atom stereocenters. The number of amides is 1. The van der Waals surface area contributed by atoms with Crippen molar-refractivity contribution in [3.63, 3.8) is 0 Å². The Morgan fingerprint density at radius 3 is 2.92 bits per heavy atom. The zero-order valence-corrected chi connectivity index (χ0v) is 14.2. The molecule has 0 radical (unpaired) electrons. The topological polar surface area (TPSA) is 59.3 Å². The summed E-state index contributed by atoms with van der Waals surface area (Å²) in [6, 6.07) is 11.8. The van der Waals surface area contributed by atoms with Crippen molar-refractivity contribution in [1.29, 1.82) is 0 Å². The molecule has 0 saturated heterocycles. The van der Waals surface area contributed by atoms with Gasteiger partial charge in [-0.2, -0.15) is 0 Å². The summed E-state index contributed by atoms with van der Waals surface area (Å²) in [4.78, 5) is 21.8. The third-order valence-electron chi connectivity index (χ3n) is 4.02. The standard InChI is InChI=1S/C18H16N4OS/c1-3-12-7-6-8-13-15(12)20-18(24-13)21-17(23)16-11(2)19-14-9-4-5-10-22(14)16/h4-10H,3H2,1-2H3,(H,20,21,23). The zero-order valence-electron chi connectivity index (χ0n) is 13.4. The normalized spacial score (nSPS) is 11.2. The summed E-state index contributed by atoms with van der Waals surface area (Å²) in [6.07, 6.45) is 2.76. The number of nitrogens with zero attached hydrogens (tertiary/aromatic N) is 3. The summed E-state index contributed by atoms with van der Waals surface area (Å²) in [6.45, 7) is 3.95. The highest BCUT2D eigenvalue weighted by Crippen LogP contribution is 2.29. The van der Waals surface area contributed by atoms with Crippen molar-refractivity contribution in [3.05, 3.63) is 59.5 Å². The molecule has 3 heterocycles. The number of thiazole rings is 1. The van der Waals surface area contributed by atoms with Gasteiger partial charge in [0.05, 0.1) is 15.9 Å². The summed E-state index contributed by atoms with van der Waals surface area (Å²) < 4.78 is 2.88. The van der Waals surface area contributed by atoms with Gasteiger partial charge in [-0.1, -0.05) is 36.5 Å². The largest absolute Gasteiger partial charge is 0.296 e.